The van der Waals surface area contributed by atoms with E-state index in [-0.39, 0.29) is 5.75 Å². The van der Waals surface area contributed by atoms with Gasteiger partial charge in [-0.3, -0.25) is 0 Å². The van der Waals surface area contributed by atoms with Gasteiger partial charge < -0.3 is 14.6 Å². The largest absolute Gasteiger partial charge is 0.487 e. The molecule has 24 heavy (non-hydrogen) atoms. The quantitative estimate of drug-likeness (QED) is 0.837. The van der Waals surface area contributed by atoms with Gasteiger partial charge in [0.15, 0.2) is 6.61 Å². The molecule has 1 aliphatic rings. The summed E-state index contributed by atoms with van der Waals surface area (Å²) in [6.07, 6.45) is 0.484. The molecule has 1 unspecified atom stereocenters. The maximum Gasteiger partial charge on any atom is 0.341 e. The number of carboxylic acid groups (broad SMARTS) is 1. The number of carbonyl (C=O) groups is 1. The van der Waals surface area contributed by atoms with Gasteiger partial charge in [-0.1, -0.05) is 0 Å². The van der Waals surface area contributed by atoms with Crippen molar-refractivity contribution in [3.8, 4) is 11.5 Å². The molecule has 1 aromatic rings. The standard InChI is InChI=1S/C16H23NO6S/c1-5-24(20,21)17(4)13-9-16(2,3)23-14-7-6-11(8-12(13)14)22-10-15(18)19/h6-8,13H,5,9-10H2,1-4H3,(H,18,19). The van der Waals surface area contributed by atoms with E-state index in [2.05, 4.69) is 0 Å². The summed E-state index contributed by atoms with van der Waals surface area (Å²) >= 11 is 0. The highest BCUT2D eigenvalue weighted by atomic mass is 32.2. The molecule has 1 heterocycles. The molecule has 0 aromatic heterocycles. The number of rotatable bonds is 6. The molecule has 0 aliphatic carbocycles. The summed E-state index contributed by atoms with van der Waals surface area (Å²) in [4.78, 5) is 10.7. The van der Waals surface area contributed by atoms with Crippen LogP contribution in [0.3, 0.4) is 0 Å². The lowest BCUT2D eigenvalue weighted by molar-refractivity contribution is -0.139. The lowest BCUT2D eigenvalue weighted by atomic mass is 9.89. The highest BCUT2D eigenvalue weighted by molar-refractivity contribution is 7.89. The van der Waals surface area contributed by atoms with Crippen LogP contribution in [-0.2, 0) is 14.8 Å². The summed E-state index contributed by atoms with van der Waals surface area (Å²) in [7, 11) is -1.83. The second-order valence-corrected chi connectivity index (χ2v) is 8.70. The van der Waals surface area contributed by atoms with Gasteiger partial charge >= 0.3 is 5.97 Å². The van der Waals surface area contributed by atoms with E-state index in [0.29, 0.717) is 23.5 Å². The Morgan fingerprint density at radius 1 is 1.46 bits per heavy atom. The Balaban J connectivity index is 2.43. The van der Waals surface area contributed by atoms with Crippen LogP contribution in [0.15, 0.2) is 18.2 Å². The Kier molecular flexibility index (Phi) is 5.10. The molecule has 8 heteroatoms. The lowest BCUT2D eigenvalue weighted by Gasteiger charge is -2.40. The van der Waals surface area contributed by atoms with E-state index in [0.717, 1.165) is 0 Å². The van der Waals surface area contributed by atoms with Crippen LogP contribution in [0.1, 0.15) is 38.8 Å². The fourth-order valence-corrected chi connectivity index (χ4v) is 3.73. The molecule has 1 atom stereocenters. The van der Waals surface area contributed by atoms with Crippen LogP contribution in [0.5, 0.6) is 11.5 Å². The van der Waals surface area contributed by atoms with Gasteiger partial charge in [0, 0.05) is 19.0 Å². The number of ether oxygens (including phenoxy) is 2. The number of hydrogen-bond donors (Lipinski definition) is 1. The smallest absolute Gasteiger partial charge is 0.341 e. The summed E-state index contributed by atoms with van der Waals surface area (Å²) in [5, 5.41) is 8.72. The topological polar surface area (TPSA) is 93.1 Å². The third-order valence-electron chi connectivity index (χ3n) is 4.02. The van der Waals surface area contributed by atoms with Crippen molar-refractivity contribution in [2.24, 2.45) is 0 Å². The van der Waals surface area contributed by atoms with E-state index in [1.54, 1.807) is 32.2 Å². The molecular weight excluding hydrogens is 334 g/mol. The molecule has 0 amide bonds. The minimum atomic E-state index is -3.39. The average molecular weight is 357 g/mol. The Bertz CT molecular complexity index is 728. The summed E-state index contributed by atoms with van der Waals surface area (Å²) in [6.45, 7) is 4.96. The summed E-state index contributed by atoms with van der Waals surface area (Å²) in [5.41, 5.74) is 0.162. The molecule has 7 nitrogen and oxygen atoms in total. The SMILES string of the molecule is CCS(=O)(=O)N(C)C1CC(C)(C)Oc2ccc(OCC(=O)O)cc21. The molecule has 0 spiro atoms. The van der Waals surface area contributed by atoms with Crippen LogP contribution in [0.4, 0.5) is 0 Å². The normalized spacial score (nSPS) is 19.5. The van der Waals surface area contributed by atoms with Gasteiger partial charge in [-0.15, -0.1) is 0 Å². The minimum absolute atomic E-state index is 0.00578. The number of hydrogen-bond acceptors (Lipinski definition) is 5. The lowest BCUT2D eigenvalue weighted by Crippen LogP contribution is -2.42. The van der Waals surface area contributed by atoms with Gasteiger partial charge in [0.1, 0.15) is 17.1 Å². The van der Waals surface area contributed by atoms with Gasteiger partial charge in [-0.2, -0.15) is 4.31 Å². The highest BCUT2D eigenvalue weighted by Crippen LogP contribution is 2.44. The predicted molar refractivity (Wildman–Crippen MR) is 88.9 cm³/mol. The Morgan fingerprint density at radius 2 is 2.12 bits per heavy atom. The Hall–Kier alpha value is -1.80. The van der Waals surface area contributed by atoms with Gasteiger partial charge in [-0.25, -0.2) is 13.2 Å². The van der Waals surface area contributed by atoms with Crippen molar-refractivity contribution >= 4 is 16.0 Å². The summed E-state index contributed by atoms with van der Waals surface area (Å²) in [6, 6.07) is 4.56. The highest BCUT2D eigenvalue weighted by Gasteiger charge is 2.39. The molecule has 134 valence electrons. The first kappa shape index (κ1) is 18.5. The van der Waals surface area contributed by atoms with Crippen molar-refractivity contribution in [1.82, 2.24) is 4.31 Å². The van der Waals surface area contributed by atoms with E-state index < -0.39 is 34.2 Å². The average Bonchev–Trinajstić information content (AvgIpc) is 2.50. The van der Waals surface area contributed by atoms with Crippen LogP contribution in [0.2, 0.25) is 0 Å². The monoisotopic (exact) mass is 357 g/mol. The number of benzene rings is 1. The minimum Gasteiger partial charge on any atom is -0.487 e. The zero-order valence-electron chi connectivity index (χ0n) is 14.3. The fourth-order valence-electron chi connectivity index (χ4n) is 2.75. The Labute approximate surface area is 142 Å². The number of sulfonamides is 1. The van der Waals surface area contributed by atoms with Crippen molar-refractivity contribution in [2.75, 3.05) is 19.4 Å². The van der Waals surface area contributed by atoms with Crippen LogP contribution < -0.4 is 9.47 Å². The van der Waals surface area contributed by atoms with E-state index in [1.165, 1.54) is 4.31 Å². The molecule has 1 aromatic carbocycles. The van der Waals surface area contributed by atoms with Crippen molar-refractivity contribution in [2.45, 2.75) is 38.8 Å². The number of carboxylic acids is 1. The maximum absolute atomic E-state index is 12.3. The zero-order valence-corrected chi connectivity index (χ0v) is 15.1. The van der Waals surface area contributed by atoms with Crippen molar-refractivity contribution in [3.05, 3.63) is 23.8 Å². The fraction of sp³-hybridized carbons (Fsp3) is 0.562. The van der Waals surface area contributed by atoms with Gasteiger partial charge in [0.05, 0.1) is 11.8 Å². The van der Waals surface area contributed by atoms with Crippen LogP contribution >= 0.6 is 0 Å². The van der Waals surface area contributed by atoms with Crippen LogP contribution in [-0.4, -0.2) is 48.8 Å². The third kappa shape index (κ3) is 3.99. The maximum atomic E-state index is 12.3. The number of nitrogens with zero attached hydrogens (tertiary/aromatic N) is 1. The van der Waals surface area contributed by atoms with E-state index >= 15 is 0 Å². The summed E-state index contributed by atoms with van der Waals surface area (Å²) < 4.78 is 37.1. The molecule has 0 bridgehead atoms. The van der Waals surface area contributed by atoms with Crippen LogP contribution in [0.25, 0.3) is 0 Å². The first-order chi connectivity index (χ1) is 11.1. The molecule has 0 saturated heterocycles. The van der Waals surface area contributed by atoms with E-state index in [4.69, 9.17) is 14.6 Å². The van der Waals surface area contributed by atoms with Gasteiger partial charge in [0.2, 0.25) is 10.0 Å². The molecule has 1 N–H and O–H groups in total. The molecule has 1 aliphatic heterocycles. The predicted octanol–water partition coefficient (Wildman–Crippen LogP) is 2.03. The third-order valence-corrected chi connectivity index (χ3v) is 5.88. The van der Waals surface area contributed by atoms with E-state index in [9.17, 15) is 13.2 Å². The second-order valence-electron chi connectivity index (χ2n) is 6.38. The molecule has 2 rings (SSSR count). The zero-order chi connectivity index (χ0) is 18.1. The molecule has 0 radical (unpaired) electrons. The second kappa shape index (κ2) is 6.60. The molecule has 0 saturated carbocycles. The van der Waals surface area contributed by atoms with Crippen LogP contribution in [0, 0.1) is 0 Å². The molecule has 0 fully saturated rings. The number of fused-ring (bicyclic) bond motifs is 1. The first-order valence-corrected chi connectivity index (χ1v) is 9.30. The molecular formula is C16H23NO6S. The van der Waals surface area contributed by atoms with Crippen molar-refractivity contribution in [3.63, 3.8) is 0 Å². The first-order valence-electron chi connectivity index (χ1n) is 7.69. The van der Waals surface area contributed by atoms with Gasteiger partial charge in [-0.05, 0) is 39.0 Å². The van der Waals surface area contributed by atoms with E-state index in [1.807, 2.05) is 13.8 Å². The van der Waals surface area contributed by atoms with Crippen molar-refractivity contribution < 1.29 is 27.8 Å². The Morgan fingerprint density at radius 3 is 2.71 bits per heavy atom. The summed E-state index contributed by atoms with van der Waals surface area (Å²) in [5.74, 6) is -0.123. The number of aliphatic carboxylic acids is 1. The van der Waals surface area contributed by atoms with Gasteiger partial charge in [0.25, 0.3) is 0 Å². The van der Waals surface area contributed by atoms with Crippen molar-refractivity contribution in [1.29, 1.82) is 0 Å².